The van der Waals surface area contributed by atoms with Crippen molar-refractivity contribution in [2.24, 2.45) is 5.73 Å². The van der Waals surface area contributed by atoms with E-state index < -0.39 is 17.7 Å². The van der Waals surface area contributed by atoms with Crippen molar-refractivity contribution in [3.63, 3.8) is 0 Å². The van der Waals surface area contributed by atoms with E-state index in [0.717, 1.165) is 0 Å². The predicted molar refractivity (Wildman–Crippen MR) is 73.2 cm³/mol. The molecule has 2 N–H and O–H groups in total. The highest BCUT2D eigenvalue weighted by atomic mass is 79.9. The lowest BCUT2D eigenvalue weighted by atomic mass is 10.1. The first-order chi connectivity index (χ1) is 8.99. The minimum absolute atomic E-state index is 0.0428. The highest BCUT2D eigenvalue weighted by molar-refractivity contribution is 9.10. The second-order valence-corrected chi connectivity index (χ2v) is 5.04. The number of hydrogen-bond donors (Lipinski definition) is 1. The Hall–Kier alpha value is -1.46. The monoisotopic (exact) mass is 327 g/mol. The number of para-hydroxylation sites is 1. The molecule has 19 heavy (non-hydrogen) atoms. The van der Waals surface area contributed by atoms with Crippen molar-refractivity contribution in [1.82, 2.24) is 0 Å². The van der Waals surface area contributed by atoms with Gasteiger partial charge in [0.25, 0.3) is 0 Å². The Kier molecular flexibility index (Phi) is 4.17. The molecule has 0 heterocycles. The van der Waals surface area contributed by atoms with E-state index in [0.29, 0.717) is 10.0 Å². The van der Waals surface area contributed by atoms with Gasteiger partial charge in [0, 0.05) is 16.1 Å². The fourth-order valence-electron chi connectivity index (χ4n) is 1.66. The highest BCUT2D eigenvalue weighted by Gasteiger charge is 2.15. The summed E-state index contributed by atoms with van der Waals surface area (Å²) in [5.41, 5.74) is 6.24. The molecule has 0 amide bonds. The standard InChI is InChI=1S/C14H12BrF2NO/c1-8(18)10-3-2-4-11(16)14(10)19-13-6-5-9(15)7-12(13)17/h2-8H,18H2,1H3/t8-/m0/s1. The van der Waals surface area contributed by atoms with Crippen molar-refractivity contribution < 1.29 is 13.5 Å². The summed E-state index contributed by atoms with van der Waals surface area (Å²) in [5, 5.41) is 0. The lowest BCUT2D eigenvalue weighted by Crippen LogP contribution is -2.08. The molecule has 2 aromatic rings. The molecule has 5 heteroatoms. The molecule has 2 aromatic carbocycles. The summed E-state index contributed by atoms with van der Waals surface area (Å²) in [4.78, 5) is 0. The lowest BCUT2D eigenvalue weighted by Gasteiger charge is -2.14. The van der Waals surface area contributed by atoms with Crippen molar-refractivity contribution in [2.75, 3.05) is 0 Å². The van der Waals surface area contributed by atoms with Crippen LogP contribution in [0.15, 0.2) is 40.9 Å². The van der Waals surface area contributed by atoms with Gasteiger partial charge in [-0.05, 0) is 31.2 Å². The molecule has 0 saturated carbocycles. The third kappa shape index (κ3) is 3.11. The molecule has 0 aliphatic rings. The van der Waals surface area contributed by atoms with E-state index in [9.17, 15) is 8.78 Å². The number of rotatable bonds is 3. The average Bonchev–Trinajstić information content (AvgIpc) is 2.34. The van der Waals surface area contributed by atoms with Gasteiger partial charge < -0.3 is 10.5 Å². The quantitative estimate of drug-likeness (QED) is 0.898. The molecule has 1 atom stereocenters. The van der Waals surface area contributed by atoms with Crippen LogP contribution in [0.5, 0.6) is 11.5 Å². The second kappa shape index (κ2) is 5.67. The third-order valence-electron chi connectivity index (χ3n) is 2.59. The van der Waals surface area contributed by atoms with Crippen LogP contribution in [0.3, 0.4) is 0 Å². The summed E-state index contributed by atoms with van der Waals surface area (Å²) in [5.74, 6) is -1.24. The first-order valence-corrected chi connectivity index (χ1v) is 6.45. The zero-order valence-corrected chi connectivity index (χ0v) is 11.7. The van der Waals surface area contributed by atoms with Crippen LogP contribution in [0, 0.1) is 11.6 Å². The van der Waals surface area contributed by atoms with E-state index in [4.69, 9.17) is 10.5 Å². The van der Waals surface area contributed by atoms with Crippen molar-refractivity contribution in [3.05, 3.63) is 58.1 Å². The van der Waals surface area contributed by atoms with Crippen LogP contribution < -0.4 is 10.5 Å². The largest absolute Gasteiger partial charge is 0.451 e. The van der Waals surface area contributed by atoms with Gasteiger partial charge >= 0.3 is 0 Å². The van der Waals surface area contributed by atoms with Crippen LogP contribution in [0.1, 0.15) is 18.5 Å². The van der Waals surface area contributed by atoms with E-state index in [1.807, 2.05) is 0 Å². The van der Waals surface area contributed by atoms with Gasteiger partial charge in [-0.2, -0.15) is 0 Å². The minimum atomic E-state index is -0.576. The molecule has 0 bridgehead atoms. The molecule has 0 spiro atoms. The van der Waals surface area contributed by atoms with Crippen molar-refractivity contribution >= 4 is 15.9 Å². The molecular weight excluding hydrogens is 316 g/mol. The van der Waals surface area contributed by atoms with Crippen LogP contribution in [-0.2, 0) is 0 Å². The first-order valence-electron chi connectivity index (χ1n) is 5.66. The Bertz CT molecular complexity index is 602. The van der Waals surface area contributed by atoms with Gasteiger partial charge in [0.15, 0.2) is 23.1 Å². The molecule has 0 aliphatic carbocycles. The molecule has 0 saturated heterocycles. The van der Waals surface area contributed by atoms with Crippen LogP contribution in [0.25, 0.3) is 0 Å². The Morgan fingerprint density at radius 3 is 2.53 bits per heavy atom. The Balaban J connectivity index is 2.43. The van der Waals surface area contributed by atoms with Crippen molar-refractivity contribution in [3.8, 4) is 11.5 Å². The Morgan fingerprint density at radius 1 is 1.16 bits per heavy atom. The van der Waals surface area contributed by atoms with Crippen LogP contribution in [-0.4, -0.2) is 0 Å². The molecule has 0 fully saturated rings. The third-order valence-corrected chi connectivity index (χ3v) is 3.09. The SMILES string of the molecule is C[C@H](N)c1cccc(F)c1Oc1ccc(Br)cc1F. The van der Waals surface area contributed by atoms with Gasteiger partial charge in [0.2, 0.25) is 0 Å². The fourth-order valence-corrected chi connectivity index (χ4v) is 1.99. The number of halogens is 3. The summed E-state index contributed by atoms with van der Waals surface area (Å²) in [6.45, 7) is 1.71. The number of hydrogen-bond acceptors (Lipinski definition) is 2. The van der Waals surface area contributed by atoms with Crippen LogP contribution in [0.4, 0.5) is 8.78 Å². The van der Waals surface area contributed by atoms with E-state index >= 15 is 0 Å². The molecule has 100 valence electrons. The van der Waals surface area contributed by atoms with Crippen molar-refractivity contribution in [1.29, 1.82) is 0 Å². The average molecular weight is 328 g/mol. The Labute approximate surface area is 118 Å². The maximum absolute atomic E-state index is 13.8. The number of ether oxygens (including phenoxy) is 1. The van der Waals surface area contributed by atoms with Gasteiger partial charge in [0.05, 0.1) is 0 Å². The van der Waals surface area contributed by atoms with Gasteiger partial charge in [-0.3, -0.25) is 0 Å². The zero-order valence-electron chi connectivity index (χ0n) is 10.2. The lowest BCUT2D eigenvalue weighted by molar-refractivity contribution is 0.407. The fraction of sp³-hybridized carbons (Fsp3) is 0.143. The van der Waals surface area contributed by atoms with Crippen molar-refractivity contribution in [2.45, 2.75) is 13.0 Å². The highest BCUT2D eigenvalue weighted by Crippen LogP contribution is 2.33. The maximum atomic E-state index is 13.8. The first kappa shape index (κ1) is 14.0. The van der Waals surface area contributed by atoms with Gasteiger partial charge in [-0.15, -0.1) is 0 Å². The van der Waals surface area contributed by atoms with E-state index in [2.05, 4.69) is 15.9 Å². The van der Waals surface area contributed by atoms with E-state index in [1.165, 1.54) is 18.2 Å². The van der Waals surface area contributed by atoms with E-state index in [1.54, 1.807) is 25.1 Å². The maximum Gasteiger partial charge on any atom is 0.167 e. The smallest absolute Gasteiger partial charge is 0.167 e. The summed E-state index contributed by atoms with van der Waals surface area (Å²) >= 11 is 3.14. The minimum Gasteiger partial charge on any atom is -0.451 e. The Morgan fingerprint density at radius 2 is 1.89 bits per heavy atom. The number of benzene rings is 2. The zero-order chi connectivity index (χ0) is 14.0. The summed E-state index contributed by atoms with van der Waals surface area (Å²) in [6, 6.07) is 8.32. The second-order valence-electron chi connectivity index (χ2n) is 4.12. The van der Waals surface area contributed by atoms with Crippen LogP contribution in [0.2, 0.25) is 0 Å². The molecule has 0 unspecified atom stereocenters. The molecule has 0 radical (unpaired) electrons. The number of nitrogens with two attached hydrogens (primary N) is 1. The molecule has 0 aromatic heterocycles. The summed E-state index contributed by atoms with van der Waals surface area (Å²) in [7, 11) is 0. The normalized spacial score (nSPS) is 12.3. The van der Waals surface area contributed by atoms with Gasteiger partial charge in [-0.1, -0.05) is 28.1 Å². The molecular formula is C14H12BrF2NO. The summed E-state index contributed by atoms with van der Waals surface area (Å²) in [6.07, 6.45) is 0. The predicted octanol–water partition coefficient (Wildman–Crippen LogP) is 4.54. The van der Waals surface area contributed by atoms with Gasteiger partial charge in [0.1, 0.15) is 0 Å². The van der Waals surface area contributed by atoms with Gasteiger partial charge in [-0.25, -0.2) is 8.78 Å². The topological polar surface area (TPSA) is 35.2 Å². The molecule has 2 nitrogen and oxygen atoms in total. The van der Waals surface area contributed by atoms with E-state index in [-0.39, 0.29) is 11.5 Å². The van der Waals surface area contributed by atoms with Crippen LogP contribution >= 0.6 is 15.9 Å². The molecule has 2 rings (SSSR count). The molecule has 0 aliphatic heterocycles. The summed E-state index contributed by atoms with van der Waals surface area (Å²) < 4.78 is 33.4.